The van der Waals surface area contributed by atoms with Gasteiger partial charge in [-0.2, -0.15) is 0 Å². The summed E-state index contributed by atoms with van der Waals surface area (Å²) in [5.41, 5.74) is 0. The summed E-state index contributed by atoms with van der Waals surface area (Å²) in [5.74, 6) is 0. The summed E-state index contributed by atoms with van der Waals surface area (Å²) in [5, 5.41) is 15.2. The Balaban J connectivity index is -0.0000000450. The predicted octanol–water partition coefficient (Wildman–Crippen LogP) is -1.59. The van der Waals surface area contributed by atoms with E-state index in [0.29, 0.717) is 0 Å². The van der Waals surface area contributed by atoms with Crippen LogP contribution in [0.1, 0.15) is 0 Å². The standard InChI is InChI=1S/C2H6O2.Al.HI.3H/c3-1-2-4;;;;;/h3-4H,1-2H2;;1H;;;. The van der Waals surface area contributed by atoms with Gasteiger partial charge in [-0.15, -0.1) is 24.0 Å². The minimum absolute atomic E-state index is 0. The van der Waals surface area contributed by atoms with Gasteiger partial charge in [0, 0.05) is 0 Å². The van der Waals surface area contributed by atoms with Crippen molar-refractivity contribution in [2.45, 2.75) is 0 Å². The second-order valence-electron chi connectivity index (χ2n) is 0.447. The summed E-state index contributed by atoms with van der Waals surface area (Å²) < 4.78 is 0. The highest BCUT2D eigenvalue weighted by Crippen LogP contribution is 1.39. The highest BCUT2D eigenvalue weighted by atomic mass is 127. The average molecular weight is 220 g/mol. The summed E-state index contributed by atoms with van der Waals surface area (Å²) >= 11 is 0. The van der Waals surface area contributed by atoms with Gasteiger partial charge in [0.25, 0.3) is 0 Å². The van der Waals surface area contributed by atoms with Crippen LogP contribution >= 0.6 is 24.0 Å². The van der Waals surface area contributed by atoms with Crippen molar-refractivity contribution in [1.82, 2.24) is 0 Å². The summed E-state index contributed by atoms with van der Waals surface area (Å²) in [6.45, 7) is -0.250. The molecule has 0 rings (SSSR count). The molecule has 40 valence electrons. The van der Waals surface area contributed by atoms with Gasteiger partial charge in [-0.05, 0) is 0 Å². The lowest BCUT2D eigenvalue weighted by Crippen LogP contribution is -1.85. The number of hydrogen-bond donors (Lipinski definition) is 2. The Hall–Kier alpha value is 1.18. The Morgan fingerprint density at radius 2 is 1.17 bits per heavy atom. The van der Waals surface area contributed by atoms with Gasteiger partial charge in [-0.3, -0.25) is 0 Å². The molecule has 0 unspecified atom stereocenters. The van der Waals surface area contributed by atoms with Gasteiger partial charge in [0.2, 0.25) is 0 Å². The van der Waals surface area contributed by atoms with Crippen molar-refractivity contribution in [2.75, 3.05) is 13.2 Å². The summed E-state index contributed by atoms with van der Waals surface area (Å²) in [7, 11) is 0. The number of halogens is 1. The summed E-state index contributed by atoms with van der Waals surface area (Å²) in [6, 6.07) is 0. The van der Waals surface area contributed by atoms with E-state index in [1.807, 2.05) is 0 Å². The second-order valence-corrected chi connectivity index (χ2v) is 0.447. The van der Waals surface area contributed by atoms with Gasteiger partial charge in [-0.25, -0.2) is 0 Å². The van der Waals surface area contributed by atoms with Gasteiger partial charge >= 0.3 is 0 Å². The molecule has 2 N–H and O–H groups in total. The normalized spacial score (nSPS) is 5.00. The lowest BCUT2D eigenvalue weighted by Gasteiger charge is -1.70. The molecule has 0 spiro atoms. The van der Waals surface area contributed by atoms with Crippen molar-refractivity contribution in [3.8, 4) is 0 Å². The van der Waals surface area contributed by atoms with Crippen LogP contribution in [0.4, 0.5) is 0 Å². The summed E-state index contributed by atoms with van der Waals surface area (Å²) in [6.07, 6.45) is 0. The molecule has 0 saturated carbocycles. The fourth-order valence-corrected chi connectivity index (χ4v) is 0. The van der Waals surface area contributed by atoms with Gasteiger partial charge in [0.1, 0.15) is 0 Å². The predicted molar refractivity (Wildman–Crippen MR) is 39.5 cm³/mol. The first-order chi connectivity index (χ1) is 1.91. The highest BCUT2D eigenvalue weighted by molar-refractivity contribution is 14.0. The molecule has 4 heteroatoms. The molecule has 0 aliphatic heterocycles. The third kappa shape index (κ3) is 19.0. The fraction of sp³-hybridized carbons (Fsp3) is 1.00. The van der Waals surface area contributed by atoms with Crippen LogP contribution in [-0.2, 0) is 0 Å². The van der Waals surface area contributed by atoms with E-state index in [1.54, 1.807) is 0 Å². The topological polar surface area (TPSA) is 40.5 Å². The first-order valence-electron chi connectivity index (χ1n) is 1.13. The maximum atomic E-state index is 7.62. The Bertz CT molecular complexity index is 13.5. The van der Waals surface area contributed by atoms with E-state index in [1.165, 1.54) is 0 Å². The second kappa shape index (κ2) is 16.4. The molecule has 0 amide bonds. The van der Waals surface area contributed by atoms with Gasteiger partial charge in [0.15, 0.2) is 17.4 Å². The van der Waals surface area contributed by atoms with E-state index >= 15 is 0 Å². The van der Waals surface area contributed by atoms with E-state index < -0.39 is 0 Å². The number of hydrogen-bond acceptors (Lipinski definition) is 2. The van der Waals surface area contributed by atoms with Crippen molar-refractivity contribution in [2.24, 2.45) is 0 Å². The largest absolute Gasteiger partial charge is 0.394 e. The van der Waals surface area contributed by atoms with Crippen molar-refractivity contribution in [3.63, 3.8) is 0 Å². The highest BCUT2D eigenvalue weighted by Gasteiger charge is 1.58. The Kier molecular flexibility index (Phi) is 42.9. The molecule has 0 aliphatic carbocycles. The molecule has 0 saturated heterocycles. The molecule has 0 heterocycles. The molecule has 0 atom stereocenters. The smallest absolute Gasteiger partial charge is 0.187 e. The van der Waals surface area contributed by atoms with Crippen molar-refractivity contribution in [1.29, 1.82) is 0 Å². The summed E-state index contributed by atoms with van der Waals surface area (Å²) in [4.78, 5) is 0. The zero-order valence-corrected chi connectivity index (χ0v) is 5.05. The zero-order valence-electron chi connectivity index (χ0n) is 2.72. The van der Waals surface area contributed by atoms with Crippen LogP contribution < -0.4 is 0 Å². The molecule has 0 aromatic heterocycles. The van der Waals surface area contributed by atoms with Crippen LogP contribution in [0.15, 0.2) is 0 Å². The maximum Gasteiger partial charge on any atom is 0.187 e. The quantitative estimate of drug-likeness (QED) is 0.413. The van der Waals surface area contributed by atoms with Crippen molar-refractivity contribution >= 4 is 41.3 Å². The molecular weight excluding hydrogens is 210 g/mol. The van der Waals surface area contributed by atoms with Crippen LogP contribution in [0, 0.1) is 0 Å². The Morgan fingerprint density at radius 3 is 1.17 bits per heavy atom. The molecule has 0 bridgehead atoms. The molecule has 0 radical (unpaired) electrons. The fourth-order valence-electron chi connectivity index (χ4n) is 0. The van der Waals surface area contributed by atoms with Crippen LogP contribution in [0.3, 0.4) is 0 Å². The van der Waals surface area contributed by atoms with Crippen molar-refractivity contribution < 1.29 is 10.2 Å². The minimum atomic E-state index is -0.125. The monoisotopic (exact) mass is 220 g/mol. The third-order valence-corrected chi connectivity index (χ3v) is 0.1000. The van der Waals surface area contributed by atoms with Crippen LogP contribution in [0.25, 0.3) is 0 Å². The van der Waals surface area contributed by atoms with E-state index in [0.717, 1.165) is 0 Å². The van der Waals surface area contributed by atoms with Gasteiger partial charge in [0.05, 0.1) is 13.2 Å². The molecule has 6 heavy (non-hydrogen) atoms. The average Bonchev–Trinajstić information content (AvgIpc) is 1.37. The van der Waals surface area contributed by atoms with Crippen LogP contribution in [0.5, 0.6) is 0 Å². The maximum absolute atomic E-state index is 7.62. The SMILES string of the molecule is I.OCCO.[AlH3]. The lowest BCUT2D eigenvalue weighted by molar-refractivity contribution is 0.186. The number of aliphatic hydroxyl groups is 2. The first-order valence-corrected chi connectivity index (χ1v) is 1.13. The molecule has 0 fully saturated rings. The van der Waals surface area contributed by atoms with E-state index in [2.05, 4.69) is 0 Å². The van der Waals surface area contributed by atoms with E-state index in [9.17, 15) is 0 Å². The molecule has 2 nitrogen and oxygen atoms in total. The number of aliphatic hydroxyl groups excluding tert-OH is 2. The van der Waals surface area contributed by atoms with Gasteiger partial charge in [-0.1, -0.05) is 0 Å². The van der Waals surface area contributed by atoms with Crippen LogP contribution in [-0.4, -0.2) is 40.8 Å². The molecule has 0 aromatic rings. The van der Waals surface area contributed by atoms with E-state index in [4.69, 9.17) is 10.2 Å². The molecule has 0 aliphatic rings. The van der Waals surface area contributed by atoms with Crippen molar-refractivity contribution in [3.05, 3.63) is 0 Å². The first kappa shape index (κ1) is 15.7. The molecule has 0 aromatic carbocycles. The Labute approximate surface area is 64.7 Å². The number of rotatable bonds is 1. The third-order valence-electron chi connectivity index (χ3n) is 0.1000. The van der Waals surface area contributed by atoms with E-state index in [-0.39, 0.29) is 54.6 Å². The minimum Gasteiger partial charge on any atom is -0.394 e. The lowest BCUT2D eigenvalue weighted by atomic mass is 10.8. The van der Waals surface area contributed by atoms with Crippen LogP contribution in [0.2, 0.25) is 0 Å². The molecular formula is C2H10AlIO2. The zero-order chi connectivity index (χ0) is 3.41. The Morgan fingerprint density at radius 1 is 1.00 bits per heavy atom. The van der Waals surface area contributed by atoms with Gasteiger partial charge < -0.3 is 10.2 Å².